The van der Waals surface area contributed by atoms with Crippen LogP contribution >= 0.6 is 34.2 Å². The molecule has 0 fully saturated rings. The summed E-state index contributed by atoms with van der Waals surface area (Å²) < 4.78 is 6.15. The van der Waals surface area contributed by atoms with Gasteiger partial charge in [0.1, 0.15) is 11.6 Å². The normalized spacial score (nSPS) is 12.0. The molecule has 0 aliphatic heterocycles. The van der Waals surface area contributed by atoms with Crippen molar-refractivity contribution in [1.29, 1.82) is 0 Å². The van der Waals surface area contributed by atoms with Crippen molar-refractivity contribution in [3.8, 4) is 0 Å². The molecule has 2 aromatic rings. The summed E-state index contributed by atoms with van der Waals surface area (Å²) in [6.45, 7) is 5.03. The van der Waals surface area contributed by atoms with Crippen LogP contribution in [-0.2, 0) is 16.0 Å². The molecule has 6 nitrogen and oxygen atoms in total. The molecule has 0 unspecified atom stereocenters. The Labute approximate surface area is 194 Å². The molecule has 2 rings (SSSR count). The van der Waals surface area contributed by atoms with Gasteiger partial charge in [-0.2, -0.15) is 0 Å². The first kappa shape index (κ1) is 24.1. The van der Waals surface area contributed by atoms with Gasteiger partial charge < -0.3 is 15.4 Å². The zero-order valence-corrected chi connectivity index (χ0v) is 19.9. The third-order valence-corrected chi connectivity index (χ3v) is 5.52. The highest BCUT2D eigenvalue weighted by molar-refractivity contribution is 14.1. The molecule has 0 saturated heterocycles. The van der Waals surface area contributed by atoms with Crippen molar-refractivity contribution < 1.29 is 19.1 Å². The second-order valence-corrected chi connectivity index (χ2v) is 9.23. The summed E-state index contributed by atoms with van der Waals surface area (Å²) in [6.07, 6.45) is -0.519. The van der Waals surface area contributed by atoms with Crippen LogP contribution in [0.5, 0.6) is 0 Å². The van der Waals surface area contributed by atoms with E-state index in [1.807, 2.05) is 18.2 Å². The summed E-state index contributed by atoms with van der Waals surface area (Å²) in [5.41, 5.74) is 0.561. The lowest BCUT2D eigenvalue weighted by Gasteiger charge is -2.23. The van der Waals surface area contributed by atoms with Gasteiger partial charge >= 0.3 is 6.09 Å². The van der Waals surface area contributed by atoms with E-state index in [-0.39, 0.29) is 18.7 Å². The van der Waals surface area contributed by atoms with Gasteiger partial charge in [0.05, 0.1) is 11.6 Å². The van der Waals surface area contributed by atoms with Crippen LogP contribution in [0.25, 0.3) is 0 Å². The molecule has 0 aliphatic carbocycles. The Morgan fingerprint density at radius 1 is 1.10 bits per heavy atom. The molecule has 0 aromatic heterocycles. The number of hydrogen-bond donors (Lipinski definition) is 2. The van der Waals surface area contributed by atoms with Gasteiger partial charge in [0, 0.05) is 15.6 Å². The van der Waals surface area contributed by atoms with E-state index in [4.69, 9.17) is 16.3 Å². The summed E-state index contributed by atoms with van der Waals surface area (Å²) in [4.78, 5) is 37.3. The topological polar surface area (TPSA) is 84.5 Å². The maximum atomic E-state index is 12.8. The van der Waals surface area contributed by atoms with Gasteiger partial charge in [0.25, 0.3) is 0 Å². The van der Waals surface area contributed by atoms with Crippen LogP contribution in [0, 0.1) is 3.57 Å². The van der Waals surface area contributed by atoms with Crippen LogP contribution in [0.3, 0.4) is 0 Å². The molecule has 30 heavy (non-hydrogen) atoms. The third kappa shape index (κ3) is 7.95. The third-order valence-electron chi connectivity index (χ3n) is 3.95. The Bertz CT molecular complexity index is 913. The maximum Gasteiger partial charge on any atom is 0.408 e. The Morgan fingerprint density at radius 2 is 1.77 bits per heavy atom. The van der Waals surface area contributed by atoms with Gasteiger partial charge in [0.15, 0.2) is 5.78 Å². The van der Waals surface area contributed by atoms with Crippen molar-refractivity contribution in [2.24, 2.45) is 0 Å². The van der Waals surface area contributed by atoms with Crippen molar-refractivity contribution in [1.82, 2.24) is 10.6 Å². The van der Waals surface area contributed by atoms with Crippen LogP contribution in [0.1, 0.15) is 36.7 Å². The number of nitrogens with one attached hydrogen (secondary N) is 2. The number of carbonyl (C=O) groups is 3. The highest BCUT2D eigenvalue weighted by atomic mass is 127. The molecule has 8 heteroatoms. The maximum absolute atomic E-state index is 12.8. The zero-order chi connectivity index (χ0) is 22.3. The molecule has 2 aromatic carbocycles. The molecule has 0 heterocycles. The Balaban J connectivity index is 2.10. The number of rotatable bonds is 7. The largest absolute Gasteiger partial charge is 0.444 e. The highest BCUT2D eigenvalue weighted by Crippen LogP contribution is 2.20. The standard InChI is InChI=1S/C22H24ClIN2O4/c1-22(2,3)30-21(29)26-18(12-14-9-10-17(24)16(23)11-14)20(28)25-13-19(27)15-7-5-4-6-8-15/h4-11,18H,12-13H2,1-3H3,(H,25,28)(H,26,29)/t18-/m0/s1. The summed E-state index contributed by atoms with van der Waals surface area (Å²) >= 11 is 8.29. The summed E-state index contributed by atoms with van der Waals surface area (Å²) in [7, 11) is 0. The van der Waals surface area contributed by atoms with E-state index in [1.54, 1.807) is 51.1 Å². The molecular weight excluding hydrogens is 519 g/mol. The summed E-state index contributed by atoms with van der Waals surface area (Å²) in [5.74, 6) is -0.711. The smallest absolute Gasteiger partial charge is 0.408 e. The first-order valence-corrected chi connectivity index (χ1v) is 10.8. The van der Waals surface area contributed by atoms with Crippen LogP contribution in [0.15, 0.2) is 48.5 Å². The van der Waals surface area contributed by atoms with Crippen molar-refractivity contribution in [3.63, 3.8) is 0 Å². The minimum atomic E-state index is -0.931. The molecule has 0 aliphatic rings. The Morgan fingerprint density at radius 3 is 2.37 bits per heavy atom. The van der Waals surface area contributed by atoms with Crippen LogP contribution in [0.4, 0.5) is 4.79 Å². The number of amides is 2. The van der Waals surface area contributed by atoms with E-state index >= 15 is 0 Å². The molecule has 1 atom stereocenters. The Kier molecular flexibility index (Phi) is 8.66. The highest BCUT2D eigenvalue weighted by Gasteiger charge is 2.25. The molecule has 0 radical (unpaired) electrons. The number of halogens is 2. The van der Waals surface area contributed by atoms with Gasteiger partial charge in [0.2, 0.25) is 5.91 Å². The average Bonchev–Trinajstić information content (AvgIpc) is 2.67. The molecule has 0 spiro atoms. The van der Waals surface area contributed by atoms with Gasteiger partial charge in [-0.05, 0) is 61.1 Å². The molecule has 160 valence electrons. The van der Waals surface area contributed by atoms with E-state index in [2.05, 4.69) is 33.2 Å². The fraction of sp³-hybridized carbons (Fsp3) is 0.318. The van der Waals surface area contributed by atoms with Crippen molar-refractivity contribution in [3.05, 3.63) is 68.3 Å². The predicted molar refractivity (Wildman–Crippen MR) is 125 cm³/mol. The second kappa shape index (κ2) is 10.8. The number of hydrogen-bond acceptors (Lipinski definition) is 4. The minimum absolute atomic E-state index is 0.178. The number of ketones is 1. The minimum Gasteiger partial charge on any atom is -0.444 e. The van der Waals surface area contributed by atoms with Gasteiger partial charge in [-0.25, -0.2) is 4.79 Å². The van der Waals surface area contributed by atoms with Crippen LogP contribution in [-0.4, -0.2) is 36.0 Å². The number of alkyl carbamates (subject to hydrolysis) is 1. The van der Waals surface area contributed by atoms with Crippen LogP contribution in [0.2, 0.25) is 5.02 Å². The summed E-state index contributed by atoms with van der Waals surface area (Å²) in [6, 6.07) is 13.2. The first-order chi connectivity index (χ1) is 14.0. The Hall–Kier alpha value is -2.13. The number of ether oxygens (including phenoxy) is 1. The van der Waals surface area contributed by atoms with E-state index in [1.165, 1.54) is 0 Å². The molecular formula is C22H24ClIN2O4. The lowest BCUT2D eigenvalue weighted by Crippen LogP contribution is -2.50. The average molecular weight is 543 g/mol. The predicted octanol–water partition coefficient (Wildman–Crippen LogP) is 4.38. The van der Waals surface area contributed by atoms with Gasteiger partial charge in [-0.3, -0.25) is 9.59 Å². The lowest BCUT2D eigenvalue weighted by molar-refractivity contribution is -0.123. The van der Waals surface area contributed by atoms with Crippen LogP contribution < -0.4 is 10.6 Å². The van der Waals surface area contributed by atoms with Gasteiger partial charge in [-0.1, -0.05) is 48.0 Å². The lowest BCUT2D eigenvalue weighted by atomic mass is 10.0. The van der Waals surface area contributed by atoms with E-state index in [0.717, 1.165) is 9.13 Å². The number of benzene rings is 2. The van der Waals surface area contributed by atoms with Crippen molar-refractivity contribution in [2.45, 2.75) is 38.8 Å². The molecule has 2 N–H and O–H groups in total. The summed E-state index contributed by atoms with van der Waals surface area (Å²) in [5, 5.41) is 5.75. The SMILES string of the molecule is CC(C)(C)OC(=O)N[C@@H](Cc1ccc(I)c(Cl)c1)C(=O)NCC(=O)c1ccccc1. The molecule has 2 amide bonds. The fourth-order valence-corrected chi connectivity index (χ4v) is 3.12. The monoisotopic (exact) mass is 542 g/mol. The number of Topliss-reactive ketones (excluding diaryl/α,β-unsaturated/α-hetero) is 1. The van der Waals surface area contributed by atoms with Crippen molar-refractivity contribution in [2.75, 3.05) is 6.54 Å². The van der Waals surface area contributed by atoms with E-state index in [9.17, 15) is 14.4 Å². The second-order valence-electron chi connectivity index (χ2n) is 7.66. The quantitative estimate of drug-likeness (QED) is 0.402. The molecule has 0 saturated carbocycles. The number of carbonyl (C=O) groups excluding carboxylic acids is 3. The van der Waals surface area contributed by atoms with Crippen molar-refractivity contribution >= 4 is 52.0 Å². The van der Waals surface area contributed by atoms with Gasteiger partial charge in [-0.15, -0.1) is 0 Å². The fourth-order valence-electron chi connectivity index (χ4n) is 2.58. The first-order valence-electron chi connectivity index (χ1n) is 9.34. The van der Waals surface area contributed by atoms with E-state index < -0.39 is 23.6 Å². The zero-order valence-electron chi connectivity index (χ0n) is 17.0. The molecule has 0 bridgehead atoms. The van der Waals surface area contributed by atoms with E-state index in [0.29, 0.717) is 10.6 Å².